The highest BCUT2D eigenvalue weighted by Crippen LogP contribution is 2.49. The third-order valence-electron chi connectivity index (χ3n) is 2.68. The van der Waals surface area contributed by atoms with Crippen LogP contribution in [0.2, 0.25) is 0 Å². The molecule has 0 radical (unpaired) electrons. The van der Waals surface area contributed by atoms with Crippen LogP contribution >= 0.6 is 11.6 Å². The van der Waals surface area contributed by atoms with Crippen molar-refractivity contribution < 1.29 is 31.9 Å². The highest BCUT2D eigenvalue weighted by molar-refractivity contribution is 6.22. The van der Waals surface area contributed by atoms with Gasteiger partial charge in [-0.3, -0.25) is 0 Å². The Bertz CT molecular complexity index is 260. The van der Waals surface area contributed by atoms with Gasteiger partial charge in [0.1, 0.15) is 6.29 Å². The van der Waals surface area contributed by atoms with Crippen molar-refractivity contribution in [3.63, 3.8) is 0 Å². The number of aldehydes is 1. The summed E-state index contributed by atoms with van der Waals surface area (Å²) in [5, 5.41) is 4.24. The number of hydrogen-bond acceptors (Lipinski definition) is 2. The van der Waals surface area contributed by atoms with Gasteiger partial charge in [-0.25, -0.2) is 0 Å². The van der Waals surface area contributed by atoms with Gasteiger partial charge in [-0.1, -0.05) is 26.2 Å². The van der Waals surface area contributed by atoms with Crippen molar-refractivity contribution in [3.05, 3.63) is 0 Å². The Hall–Kier alpha value is -0.430. The van der Waals surface area contributed by atoms with Crippen LogP contribution in [0.15, 0.2) is 0 Å². The number of halogens is 6. The van der Waals surface area contributed by atoms with Gasteiger partial charge in [0, 0.05) is 0 Å². The molecule has 2 nitrogen and oxygen atoms in total. The zero-order chi connectivity index (χ0) is 14.6. The molecule has 0 aromatic heterocycles. The molecule has 0 fully saturated rings. The van der Waals surface area contributed by atoms with Crippen LogP contribution in [0.25, 0.3) is 0 Å². The van der Waals surface area contributed by atoms with Gasteiger partial charge in [-0.2, -0.15) is 22.0 Å². The Morgan fingerprint density at radius 2 is 1.72 bits per heavy atom. The first kappa shape index (κ1) is 17.6. The largest absolute Gasteiger partial charge is 0.425 e. The number of alkyl halides is 6. The molecule has 0 rings (SSSR count). The summed E-state index contributed by atoms with van der Waals surface area (Å²) in [7, 11) is 0. The molecular weight excluding hydrogens is 283 g/mol. The first-order valence-corrected chi connectivity index (χ1v) is 5.71. The maximum absolute atomic E-state index is 12.8. The minimum absolute atomic E-state index is 0.116. The van der Waals surface area contributed by atoms with Gasteiger partial charge in [0.15, 0.2) is 0 Å². The molecule has 0 amide bonds. The molecule has 0 spiro atoms. The molecule has 1 N–H and O–H groups in total. The molecule has 0 aromatic rings. The van der Waals surface area contributed by atoms with E-state index in [0.29, 0.717) is 12.8 Å². The van der Waals surface area contributed by atoms with Crippen molar-refractivity contribution in [2.45, 2.75) is 49.8 Å². The Kier molecular flexibility index (Phi) is 6.00. The molecule has 0 bridgehead atoms. The summed E-state index contributed by atoms with van der Waals surface area (Å²) in [4.78, 5) is 10.6. The second kappa shape index (κ2) is 6.14. The second-order valence-electron chi connectivity index (χ2n) is 4.00. The minimum Gasteiger partial charge on any atom is -0.374 e. The summed E-state index contributed by atoms with van der Waals surface area (Å²) < 4.78 is 63.4. The van der Waals surface area contributed by atoms with E-state index in [0.717, 1.165) is 0 Å². The van der Waals surface area contributed by atoms with Gasteiger partial charge in [0.25, 0.3) is 0 Å². The highest BCUT2D eigenvalue weighted by Gasteiger charge is 2.71. The molecular formula is C10H14ClF5O2. The van der Waals surface area contributed by atoms with E-state index >= 15 is 0 Å². The summed E-state index contributed by atoms with van der Waals surface area (Å²) in [6.07, 6.45) is -5.31. The average molecular weight is 297 g/mol. The predicted molar refractivity (Wildman–Crippen MR) is 55.5 cm³/mol. The molecule has 0 aliphatic rings. The third-order valence-corrected chi connectivity index (χ3v) is 2.97. The lowest BCUT2D eigenvalue weighted by Crippen LogP contribution is -2.61. The van der Waals surface area contributed by atoms with Crippen LogP contribution in [-0.4, -0.2) is 28.6 Å². The summed E-state index contributed by atoms with van der Waals surface area (Å²) in [5.41, 5.74) is -4.54. The molecule has 108 valence electrons. The molecule has 0 saturated carbocycles. The number of rotatable bonds is 7. The average Bonchev–Trinajstić information content (AvgIpc) is 2.20. The zero-order valence-electron chi connectivity index (χ0n) is 9.61. The topological polar surface area (TPSA) is 37.3 Å². The molecule has 0 aliphatic heterocycles. The van der Waals surface area contributed by atoms with Crippen LogP contribution in [0.5, 0.6) is 0 Å². The smallest absolute Gasteiger partial charge is 0.374 e. The molecule has 0 heterocycles. The van der Waals surface area contributed by atoms with Crippen LogP contribution in [0.1, 0.15) is 32.6 Å². The van der Waals surface area contributed by atoms with Gasteiger partial charge in [0.05, 0.1) is 5.92 Å². The van der Waals surface area contributed by atoms with Crippen LogP contribution in [0, 0.1) is 5.92 Å². The van der Waals surface area contributed by atoms with Crippen molar-refractivity contribution in [3.8, 4) is 0 Å². The lowest BCUT2D eigenvalue weighted by atomic mass is 9.83. The number of carbonyl (C=O) groups excluding carboxylic acids is 1. The quantitative estimate of drug-likeness (QED) is 0.338. The van der Waals surface area contributed by atoms with Crippen molar-refractivity contribution in [1.29, 1.82) is 0 Å². The lowest BCUT2D eigenvalue weighted by Gasteiger charge is -2.37. The first-order chi connectivity index (χ1) is 8.02. The van der Waals surface area contributed by atoms with Gasteiger partial charge >= 0.3 is 11.6 Å². The van der Waals surface area contributed by atoms with Gasteiger partial charge in [-0.05, 0) is 18.0 Å². The van der Waals surface area contributed by atoms with E-state index < -0.39 is 29.5 Å². The Labute approximate surface area is 106 Å². The molecule has 0 aliphatic carbocycles. The molecule has 18 heavy (non-hydrogen) atoms. The van der Waals surface area contributed by atoms with Crippen molar-refractivity contribution in [2.24, 2.45) is 5.92 Å². The molecule has 0 saturated heterocycles. The molecule has 0 aromatic carbocycles. The summed E-state index contributed by atoms with van der Waals surface area (Å²) >= 11 is 4.35. The zero-order valence-corrected chi connectivity index (χ0v) is 10.4. The van der Waals surface area contributed by atoms with E-state index in [-0.39, 0.29) is 12.7 Å². The Balaban J connectivity index is 5.23. The van der Waals surface area contributed by atoms with Crippen LogP contribution in [0.3, 0.4) is 0 Å². The first-order valence-electron chi connectivity index (χ1n) is 5.33. The van der Waals surface area contributed by atoms with Crippen LogP contribution in [0.4, 0.5) is 22.0 Å². The molecule has 8 heteroatoms. The number of carbonyl (C=O) groups is 1. The van der Waals surface area contributed by atoms with E-state index in [9.17, 15) is 31.9 Å². The van der Waals surface area contributed by atoms with E-state index in [1.54, 1.807) is 6.92 Å². The predicted octanol–water partition coefficient (Wildman–Crippen LogP) is 3.51. The van der Waals surface area contributed by atoms with Crippen molar-refractivity contribution in [2.75, 3.05) is 0 Å². The number of aliphatic hydroxyl groups is 1. The fourth-order valence-electron chi connectivity index (χ4n) is 1.57. The monoisotopic (exact) mass is 296 g/mol. The Morgan fingerprint density at radius 3 is 2.00 bits per heavy atom. The fraction of sp³-hybridized carbons (Fsp3) is 0.900. The van der Waals surface area contributed by atoms with E-state index in [2.05, 4.69) is 11.6 Å². The van der Waals surface area contributed by atoms with E-state index in [1.807, 2.05) is 0 Å². The van der Waals surface area contributed by atoms with E-state index in [1.165, 1.54) is 0 Å². The maximum atomic E-state index is 12.8. The van der Waals surface area contributed by atoms with Crippen LogP contribution < -0.4 is 0 Å². The van der Waals surface area contributed by atoms with Gasteiger partial charge in [0.2, 0.25) is 5.60 Å². The third kappa shape index (κ3) is 3.54. The number of unbranched alkanes of at least 4 members (excludes halogenated alkanes) is 2. The van der Waals surface area contributed by atoms with Crippen molar-refractivity contribution >= 4 is 17.9 Å². The number of hydrogen-bond donors (Lipinski definition) is 1. The summed E-state index contributed by atoms with van der Waals surface area (Å²) in [6.45, 7) is 1.75. The minimum atomic E-state index is -5.70. The van der Waals surface area contributed by atoms with Gasteiger partial charge in [-0.15, -0.1) is 0 Å². The molecule has 2 atom stereocenters. The fourth-order valence-corrected chi connectivity index (χ4v) is 1.82. The standard InChI is InChI=1S/C10H14ClF5O2/c1-2-3-4-5-7(6-17)8(18,9(11,12)13)10(14,15)16/h6-7,18H,2-5H2,1H3. The Morgan fingerprint density at radius 1 is 1.22 bits per heavy atom. The maximum Gasteiger partial charge on any atom is 0.425 e. The molecule has 2 unspecified atom stereocenters. The van der Waals surface area contributed by atoms with Crippen molar-refractivity contribution in [1.82, 2.24) is 0 Å². The van der Waals surface area contributed by atoms with Gasteiger partial charge < -0.3 is 9.90 Å². The second-order valence-corrected chi connectivity index (χ2v) is 4.47. The normalized spacial score (nSPS) is 18.2. The SMILES string of the molecule is CCCCCC(C=O)C(O)(C(F)(F)F)C(F)(F)Cl. The summed E-state index contributed by atoms with van der Waals surface area (Å²) in [6, 6.07) is 0. The van der Waals surface area contributed by atoms with E-state index in [4.69, 9.17) is 0 Å². The highest BCUT2D eigenvalue weighted by atomic mass is 35.5. The van der Waals surface area contributed by atoms with Crippen LogP contribution in [-0.2, 0) is 4.79 Å². The summed E-state index contributed by atoms with van der Waals surface area (Å²) in [5.74, 6) is -2.29. The lowest BCUT2D eigenvalue weighted by molar-refractivity contribution is -0.324.